The number of hydrogen-bond donors (Lipinski definition) is 1. The van der Waals surface area contributed by atoms with E-state index in [2.05, 4.69) is 24.3 Å². The lowest BCUT2D eigenvalue weighted by molar-refractivity contribution is -0.121. The van der Waals surface area contributed by atoms with Crippen LogP contribution in [-0.4, -0.2) is 50.2 Å². The zero-order valence-corrected chi connectivity index (χ0v) is 15.8. The number of carbonyl (C=O) groups excluding carboxylic acids is 1. The largest absolute Gasteiger partial charge is 0.489 e. The molecule has 1 saturated carbocycles. The molecule has 1 aliphatic heterocycles. The van der Waals surface area contributed by atoms with E-state index in [-0.39, 0.29) is 11.4 Å². The van der Waals surface area contributed by atoms with Gasteiger partial charge in [0.25, 0.3) is 0 Å². The van der Waals surface area contributed by atoms with Gasteiger partial charge >= 0.3 is 0 Å². The van der Waals surface area contributed by atoms with Crippen LogP contribution in [0.3, 0.4) is 0 Å². The lowest BCUT2D eigenvalue weighted by Crippen LogP contribution is -2.51. The van der Waals surface area contributed by atoms with Crippen LogP contribution in [-0.2, 0) is 11.2 Å². The van der Waals surface area contributed by atoms with Gasteiger partial charge in [-0.25, -0.2) is 0 Å². The predicted molar refractivity (Wildman–Crippen MR) is 98.7 cm³/mol. The zero-order valence-electron chi connectivity index (χ0n) is 15.1. The van der Waals surface area contributed by atoms with E-state index < -0.39 is 0 Å². The van der Waals surface area contributed by atoms with Gasteiger partial charge < -0.3 is 19.7 Å². The van der Waals surface area contributed by atoms with E-state index in [4.69, 9.17) is 21.1 Å². The van der Waals surface area contributed by atoms with Crippen molar-refractivity contribution < 1.29 is 14.3 Å². The van der Waals surface area contributed by atoms with Crippen LogP contribution in [0.1, 0.15) is 37.7 Å². The SMILES string of the molecule is CN(C)C1(CNC(=O)Cc2cc(Cl)c3c(c2)OCCCO3)CCCC1. The fourth-order valence-electron chi connectivity index (χ4n) is 3.71. The van der Waals surface area contributed by atoms with Gasteiger partial charge in [-0.3, -0.25) is 4.79 Å². The van der Waals surface area contributed by atoms with E-state index in [1.807, 2.05) is 6.07 Å². The Morgan fingerprint density at radius 1 is 1.20 bits per heavy atom. The molecule has 0 saturated heterocycles. The minimum atomic E-state index is 0.0127. The van der Waals surface area contributed by atoms with Crippen molar-refractivity contribution in [3.05, 3.63) is 22.7 Å². The number of amides is 1. The summed E-state index contributed by atoms with van der Waals surface area (Å²) >= 11 is 6.30. The molecule has 0 bridgehead atoms. The van der Waals surface area contributed by atoms with Crippen molar-refractivity contribution >= 4 is 17.5 Å². The average Bonchev–Trinajstić information content (AvgIpc) is 2.93. The maximum Gasteiger partial charge on any atom is 0.224 e. The number of hydrogen-bond acceptors (Lipinski definition) is 4. The molecule has 0 unspecified atom stereocenters. The van der Waals surface area contributed by atoms with Crippen LogP contribution in [0.2, 0.25) is 5.02 Å². The summed E-state index contributed by atoms with van der Waals surface area (Å²) in [6.07, 6.45) is 5.84. The van der Waals surface area contributed by atoms with Gasteiger partial charge in [0.05, 0.1) is 24.7 Å². The standard InChI is InChI=1S/C19H27ClN2O3/c1-22(2)19(6-3-4-7-19)13-21-17(23)12-14-10-15(20)18-16(11-14)24-8-5-9-25-18/h10-11H,3-9,12-13H2,1-2H3,(H,21,23). The third-order valence-corrected chi connectivity index (χ3v) is 5.60. The zero-order chi connectivity index (χ0) is 17.9. The van der Waals surface area contributed by atoms with Gasteiger partial charge in [0.2, 0.25) is 5.91 Å². The Bertz CT molecular complexity index is 627. The van der Waals surface area contributed by atoms with Gasteiger partial charge in [0, 0.05) is 18.5 Å². The Morgan fingerprint density at radius 2 is 1.92 bits per heavy atom. The summed E-state index contributed by atoms with van der Waals surface area (Å²) < 4.78 is 11.3. The smallest absolute Gasteiger partial charge is 0.224 e. The molecule has 25 heavy (non-hydrogen) atoms. The third kappa shape index (κ3) is 4.21. The van der Waals surface area contributed by atoms with Crippen molar-refractivity contribution in [1.29, 1.82) is 0 Å². The molecule has 0 spiro atoms. The highest BCUT2D eigenvalue weighted by atomic mass is 35.5. The van der Waals surface area contributed by atoms with Crippen molar-refractivity contribution in [2.75, 3.05) is 33.9 Å². The van der Waals surface area contributed by atoms with Crippen LogP contribution in [0.5, 0.6) is 11.5 Å². The first kappa shape index (κ1) is 18.3. The van der Waals surface area contributed by atoms with Crippen LogP contribution in [0.15, 0.2) is 12.1 Å². The highest BCUT2D eigenvalue weighted by Crippen LogP contribution is 2.38. The van der Waals surface area contributed by atoms with Crippen molar-refractivity contribution in [1.82, 2.24) is 10.2 Å². The Kier molecular flexibility index (Phi) is 5.74. The molecule has 1 amide bonds. The summed E-state index contributed by atoms with van der Waals surface area (Å²) in [4.78, 5) is 14.7. The monoisotopic (exact) mass is 366 g/mol. The minimum Gasteiger partial charge on any atom is -0.489 e. The van der Waals surface area contributed by atoms with E-state index in [1.54, 1.807) is 6.07 Å². The van der Waals surface area contributed by atoms with Gasteiger partial charge in [-0.1, -0.05) is 24.4 Å². The molecule has 6 heteroatoms. The molecular formula is C19H27ClN2O3. The van der Waals surface area contributed by atoms with Gasteiger partial charge in [-0.15, -0.1) is 0 Å². The van der Waals surface area contributed by atoms with Gasteiger partial charge in [0.15, 0.2) is 11.5 Å². The molecule has 2 aliphatic rings. The van der Waals surface area contributed by atoms with Crippen LogP contribution < -0.4 is 14.8 Å². The molecule has 1 aromatic carbocycles. The second-order valence-electron chi connectivity index (χ2n) is 7.23. The van der Waals surface area contributed by atoms with E-state index in [0.717, 1.165) is 24.8 Å². The lowest BCUT2D eigenvalue weighted by Gasteiger charge is -2.36. The molecule has 1 fully saturated rings. The first-order chi connectivity index (χ1) is 12.0. The third-order valence-electron chi connectivity index (χ3n) is 5.32. The van der Waals surface area contributed by atoms with E-state index in [9.17, 15) is 4.79 Å². The number of carbonyl (C=O) groups is 1. The Balaban J connectivity index is 1.63. The summed E-state index contributed by atoms with van der Waals surface area (Å²) in [6.45, 7) is 1.89. The first-order valence-corrected chi connectivity index (χ1v) is 9.40. The van der Waals surface area contributed by atoms with E-state index in [1.165, 1.54) is 12.8 Å². The molecule has 1 aliphatic carbocycles. The maximum atomic E-state index is 12.4. The number of halogens is 1. The lowest BCUT2D eigenvalue weighted by atomic mass is 9.96. The number of ether oxygens (including phenoxy) is 2. The van der Waals surface area contributed by atoms with Crippen LogP contribution in [0.4, 0.5) is 0 Å². The molecule has 5 nitrogen and oxygen atoms in total. The van der Waals surface area contributed by atoms with Crippen LogP contribution in [0.25, 0.3) is 0 Å². The normalized spacial score (nSPS) is 18.9. The number of nitrogens with zero attached hydrogens (tertiary/aromatic N) is 1. The van der Waals surface area contributed by atoms with Crippen molar-refractivity contribution in [3.63, 3.8) is 0 Å². The molecule has 0 atom stereocenters. The van der Waals surface area contributed by atoms with Crippen molar-refractivity contribution in [3.8, 4) is 11.5 Å². The van der Waals surface area contributed by atoms with Crippen molar-refractivity contribution in [2.24, 2.45) is 0 Å². The molecule has 1 heterocycles. The topological polar surface area (TPSA) is 50.8 Å². The fourth-order valence-corrected chi connectivity index (χ4v) is 4.00. The summed E-state index contributed by atoms with van der Waals surface area (Å²) in [5.41, 5.74) is 0.940. The summed E-state index contributed by atoms with van der Waals surface area (Å²) in [5, 5.41) is 3.61. The molecule has 0 radical (unpaired) electrons. The van der Waals surface area contributed by atoms with Crippen molar-refractivity contribution in [2.45, 2.75) is 44.1 Å². The number of rotatable bonds is 5. The Labute approximate surface area is 154 Å². The Hall–Kier alpha value is -1.46. The predicted octanol–water partition coefficient (Wildman–Crippen LogP) is 3.03. The quantitative estimate of drug-likeness (QED) is 0.870. The summed E-state index contributed by atoms with van der Waals surface area (Å²) in [6, 6.07) is 3.66. The molecular weight excluding hydrogens is 340 g/mol. The molecule has 138 valence electrons. The van der Waals surface area contributed by atoms with E-state index in [0.29, 0.717) is 42.7 Å². The molecule has 3 rings (SSSR count). The fraction of sp³-hybridized carbons (Fsp3) is 0.632. The highest BCUT2D eigenvalue weighted by Gasteiger charge is 2.36. The second-order valence-corrected chi connectivity index (χ2v) is 7.64. The minimum absolute atomic E-state index is 0.0127. The van der Waals surface area contributed by atoms with Gasteiger partial charge in [0.1, 0.15) is 0 Å². The van der Waals surface area contributed by atoms with E-state index >= 15 is 0 Å². The van der Waals surface area contributed by atoms with Gasteiger partial charge in [-0.05, 0) is 44.6 Å². The number of benzene rings is 1. The highest BCUT2D eigenvalue weighted by molar-refractivity contribution is 6.32. The first-order valence-electron chi connectivity index (χ1n) is 9.02. The van der Waals surface area contributed by atoms with Crippen LogP contribution in [0, 0.1) is 0 Å². The van der Waals surface area contributed by atoms with Gasteiger partial charge in [-0.2, -0.15) is 0 Å². The molecule has 1 aromatic rings. The number of nitrogens with one attached hydrogen (secondary N) is 1. The molecule has 0 aromatic heterocycles. The Morgan fingerprint density at radius 3 is 2.64 bits per heavy atom. The summed E-state index contributed by atoms with van der Waals surface area (Å²) in [7, 11) is 4.20. The molecule has 1 N–H and O–H groups in total. The average molecular weight is 367 g/mol. The number of fused-ring (bicyclic) bond motifs is 1. The maximum absolute atomic E-state index is 12.4. The summed E-state index contributed by atoms with van der Waals surface area (Å²) in [5.74, 6) is 1.23. The second kappa shape index (κ2) is 7.83. The number of likely N-dealkylation sites (N-methyl/N-ethyl adjacent to an activating group) is 1. The van der Waals surface area contributed by atoms with Crippen LogP contribution >= 0.6 is 11.6 Å².